The standard InChI is InChI=1S/C17H11FN.C11H8N.Ir/c18-16-9-6-14(7-10-16)17-11-8-15(12-19-17)13-4-2-1-3-5-13;1-2-6-10(7-3-1)11-8-4-5-9-12-11;/h1-6,8-12H;1-6,8-9H;/q2*-1;. The van der Waals surface area contributed by atoms with Gasteiger partial charge in [0.25, 0.3) is 0 Å². The van der Waals surface area contributed by atoms with E-state index < -0.39 is 0 Å². The van der Waals surface area contributed by atoms with Gasteiger partial charge in [-0.25, -0.2) is 0 Å². The molecule has 0 saturated heterocycles. The molecular formula is C28H19FIrN2-2. The molecule has 0 amide bonds. The van der Waals surface area contributed by atoms with Crippen LogP contribution in [0.25, 0.3) is 33.6 Å². The molecule has 5 aromatic rings. The summed E-state index contributed by atoms with van der Waals surface area (Å²) in [4.78, 5) is 8.62. The van der Waals surface area contributed by atoms with Crippen molar-refractivity contribution in [3.8, 4) is 33.6 Å². The van der Waals surface area contributed by atoms with Crippen molar-refractivity contribution in [1.29, 1.82) is 0 Å². The van der Waals surface area contributed by atoms with Gasteiger partial charge in [0.15, 0.2) is 0 Å². The fourth-order valence-corrected chi connectivity index (χ4v) is 2.99. The molecule has 0 spiro atoms. The number of benzene rings is 3. The molecule has 0 saturated carbocycles. The van der Waals surface area contributed by atoms with Crippen LogP contribution in [0.3, 0.4) is 0 Å². The monoisotopic (exact) mass is 595 g/mol. The summed E-state index contributed by atoms with van der Waals surface area (Å²) in [5, 5.41) is 0. The largest absolute Gasteiger partial charge is 0.305 e. The Morgan fingerprint density at radius 3 is 1.97 bits per heavy atom. The van der Waals surface area contributed by atoms with Crippen LogP contribution in [0.4, 0.5) is 4.39 Å². The van der Waals surface area contributed by atoms with Gasteiger partial charge in [-0.2, -0.15) is 0 Å². The molecule has 2 aromatic heterocycles. The predicted octanol–water partition coefficient (Wildman–Crippen LogP) is 6.90. The first-order valence-corrected chi connectivity index (χ1v) is 9.87. The number of halogens is 1. The second kappa shape index (κ2) is 11.8. The van der Waals surface area contributed by atoms with Crippen LogP contribution >= 0.6 is 0 Å². The second-order valence-corrected chi connectivity index (χ2v) is 6.71. The first kappa shape index (κ1) is 23.2. The molecule has 0 bridgehead atoms. The smallest absolute Gasteiger partial charge is 0.0379 e. The van der Waals surface area contributed by atoms with E-state index in [0.29, 0.717) is 0 Å². The van der Waals surface area contributed by atoms with Gasteiger partial charge in [0.1, 0.15) is 0 Å². The normalized spacial score (nSPS) is 9.78. The van der Waals surface area contributed by atoms with Crippen LogP contribution in [-0.4, -0.2) is 9.97 Å². The van der Waals surface area contributed by atoms with E-state index in [2.05, 4.69) is 22.1 Å². The fourth-order valence-electron chi connectivity index (χ4n) is 2.99. The average molecular weight is 595 g/mol. The molecule has 4 heteroatoms. The van der Waals surface area contributed by atoms with Crippen LogP contribution in [0.15, 0.2) is 116 Å². The molecule has 3 aromatic carbocycles. The maximum atomic E-state index is 12.8. The van der Waals surface area contributed by atoms with Crippen molar-refractivity contribution in [2.75, 3.05) is 0 Å². The summed E-state index contributed by atoms with van der Waals surface area (Å²) in [6.45, 7) is 0. The molecule has 159 valence electrons. The zero-order chi connectivity index (χ0) is 21.3. The first-order chi connectivity index (χ1) is 15.3. The summed E-state index contributed by atoms with van der Waals surface area (Å²) < 4.78 is 12.8. The van der Waals surface area contributed by atoms with E-state index in [1.807, 2.05) is 91.1 Å². The molecule has 2 nitrogen and oxygen atoms in total. The van der Waals surface area contributed by atoms with Gasteiger partial charge < -0.3 is 9.97 Å². The van der Waals surface area contributed by atoms with Gasteiger partial charge >= 0.3 is 0 Å². The Morgan fingerprint density at radius 2 is 1.34 bits per heavy atom. The maximum Gasteiger partial charge on any atom is 0.0379 e. The maximum absolute atomic E-state index is 12.8. The second-order valence-electron chi connectivity index (χ2n) is 6.71. The van der Waals surface area contributed by atoms with Gasteiger partial charge in [-0.05, 0) is 28.6 Å². The minimum atomic E-state index is -0.287. The molecule has 0 fully saturated rings. The van der Waals surface area contributed by atoms with Gasteiger partial charge in [0.05, 0.1) is 0 Å². The predicted molar refractivity (Wildman–Crippen MR) is 122 cm³/mol. The third-order valence-electron chi connectivity index (χ3n) is 4.57. The van der Waals surface area contributed by atoms with Gasteiger partial charge in [0.2, 0.25) is 0 Å². The molecule has 1 radical (unpaired) electrons. The summed E-state index contributed by atoms with van der Waals surface area (Å²) in [6.07, 6.45) is 3.61. The number of pyridine rings is 2. The van der Waals surface area contributed by atoms with Gasteiger partial charge in [-0.3, -0.25) is 4.39 Å². The number of rotatable bonds is 3. The van der Waals surface area contributed by atoms with Crippen molar-refractivity contribution >= 4 is 0 Å². The minimum absolute atomic E-state index is 0. The molecule has 2 heterocycles. The van der Waals surface area contributed by atoms with Gasteiger partial charge in [-0.15, -0.1) is 65.7 Å². The molecule has 32 heavy (non-hydrogen) atoms. The van der Waals surface area contributed by atoms with E-state index in [0.717, 1.165) is 33.6 Å². The van der Waals surface area contributed by atoms with Crippen LogP contribution in [0.2, 0.25) is 0 Å². The van der Waals surface area contributed by atoms with E-state index in [9.17, 15) is 4.39 Å². The van der Waals surface area contributed by atoms with E-state index in [4.69, 9.17) is 0 Å². The Kier molecular flexibility index (Phi) is 8.56. The van der Waals surface area contributed by atoms with E-state index in [1.165, 1.54) is 12.1 Å². The molecule has 5 rings (SSSR count). The van der Waals surface area contributed by atoms with Crippen LogP contribution in [0, 0.1) is 17.9 Å². The summed E-state index contributed by atoms with van der Waals surface area (Å²) in [5.74, 6) is -0.287. The Hall–Kier alpha value is -3.46. The van der Waals surface area contributed by atoms with Crippen molar-refractivity contribution in [2.45, 2.75) is 0 Å². The van der Waals surface area contributed by atoms with Crippen LogP contribution in [0.1, 0.15) is 0 Å². The number of hydrogen-bond acceptors (Lipinski definition) is 2. The van der Waals surface area contributed by atoms with Crippen molar-refractivity contribution in [3.63, 3.8) is 0 Å². The van der Waals surface area contributed by atoms with Crippen molar-refractivity contribution in [1.82, 2.24) is 9.97 Å². The zero-order valence-corrected chi connectivity index (χ0v) is 19.5. The molecule has 0 atom stereocenters. The first-order valence-electron chi connectivity index (χ1n) is 9.87. The number of aromatic nitrogens is 2. The SMILES string of the molecule is Fc1c[c-]c(-c2ccc(-c3ccccc3)cn2)cc1.[Ir].[c-]1ccccc1-c1ccccn1. The Morgan fingerprint density at radius 1 is 0.594 bits per heavy atom. The van der Waals surface area contributed by atoms with Crippen molar-refractivity contribution in [2.24, 2.45) is 0 Å². The van der Waals surface area contributed by atoms with Crippen LogP contribution in [0.5, 0.6) is 0 Å². The Bertz CT molecular complexity index is 1160. The van der Waals surface area contributed by atoms with Crippen LogP contribution in [-0.2, 0) is 20.1 Å². The van der Waals surface area contributed by atoms with E-state index >= 15 is 0 Å². The van der Waals surface area contributed by atoms with Gasteiger partial charge in [0, 0.05) is 38.3 Å². The van der Waals surface area contributed by atoms with E-state index in [-0.39, 0.29) is 25.9 Å². The number of hydrogen-bond donors (Lipinski definition) is 0. The topological polar surface area (TPSA) is 25.8 Å². The molecule has 0 unspecified atom stereocenters. The Balaban J connectivity index is 0.000000193. The van der Waals surface area contributed by atoms with Crippen LogP contribution < -0.4 is 0 Å². The summed E-state index contributed by atoms with van der Waals surface area (Å²) in [6, 6.07) is 38.1. The van der Waals surface area contributed by atoms with E-state index in [1.54, 1.807) is 12.3 Å². The Labute approximate surface area is 201 Å². The third kappa shape index (κ3) is 6.27. The summed E-state index contributed by atoms with van der Waals surface area (Å²) in [5.41, 5.74) is 5.79. The van der Waals surface area contributed by atoms with Crippen molar-refractivity contribution < 1.29 is 24.5 Å². The number of nitrogens with zero attached hydrogens (tertiary/aromatic N) is 2. The zero-order valence-electron chi connectivity index (χ0n) is 17.1. The molecule has 0 aliphatic carbocycles. The quantitative estimate of drug-likeness (QED) is 0.213. The summed E-state index contributed by atoms with van der Waals surface area (Å²) in [7, 11) is 0. The molecule has 0 N–H and O–H groups in total. The van der Waals surface area contributed by atoms with Crippen molar-refractivity contribution in [3.05, 3.63) is 133 Å². The van der Waals surface area contributed by atoms with Gasteiger partial charge in [-0.1, -0.05) is 54.6 Å². The summed E-state index contributed by atoms with van der Waals surface area (Å²) >= 11 is 0. The fraction of sp³-hybridized carbons (Fsp3) is 0. The third-order valence-corrected chi connectivity index (χ3v) is 4.57. The minimum Gasteiger partial charge on any atom is -0.305 e. The molecular weight excluding hydrogens is 576 g/mol. The average Bonchev–Trinajstić information content (AvgIpc) is 2.87. The molecule has 0 aliphatic heterocycles. The molecule has 0 aliphatic rings.